The molecule has 3 aromatic carbocycles. The summed E-state index contributed by atoms with van der Waals surface area (Å²) in [4.78, 5) is 39.5. The summed E-state index contributed by atoms with van der Waals surface area (Å²) in [6, 6.07) is 21.0. The smallest absolute Gasteiger partial charge is 0.341 e. The lowest BCUT2D eigenvalue weighted by atomic mass is 10.0. The Labute approximate surface area is 204 Å². The van der Waals surface area contributed by atoms with Crippen molar-refractivity contribution in [1.82, 2.24) is 10.3 Å². The van der Waals surface area contributed by atoms with Gasteiger partial charge in [-0.25, -0.2) is 4.79 Å². The molecule has 4 aromatic rings. The number of benzene rings is 3. The van der Waals surface area contributed by atoms with Crippen molar-refractivity contribution in [3.63, 3.8) is 0 Å². The number of aromatic nitrogens is 1. The van der Waals surface area contributed by atoms with Gasteiger partial charge in [0, 0.05) is 22.3 Å². The number of carboxylic acids is 1. The van der Waals surface area contributed by atoms with Crippen LogP contribution in [0.1, 0.15) is 39.6 Å². The number of carbonyl (C=O) groups is 2. The van der Waals surface area contributed by atoms with E-state index in [-0.39, 0.29) is 17.5 Å². The molecule has 0 aliphatic carbocycles. The van der Waals surface area contributed by atoms with Gasteiger partial charge in [-0.1, -0.05) is 48.5 Å². The van der Waals surface area contributed by atoms with Crippen molar-refractivity contribution in [3.05, 3.63) is 104 Å². The van der Waals surface area contributed by atoms with Crippen LogP contribution in [0.2, 0.25) is 0 Å². The second-order valence-corrected chi connectivity index (χ2v) is 8.95. The molecule has 172 valence electrons. The molecule has 0 fully saturated rings. The summed E-state index contributed by atoms with van der Waals surface area (Å²) >= 11 is 3.48. The van der Waals surface area contributed by atoms with Gasteiger partial charge >= 0.3 is 5.97 Å². The van der Waals surface area contributed by atoms with Crippen molar-refractivity contribution in [2.75, 3.05) is 0 Å². The van der Waals surface area contributed by atoms with Gasteiger partial charge in [0.15, 0.2) is 0 Å². The van der Waals surface area contributed by atoms with Gasteiger partial charge in [-0.3, -0.25) is 9.59 Å². The van der Waals surface area contributed by atoms with Crippen LogP contribution in [-0.4, -0.2) is 28.0 Å². The first-order chi connectivity index (χ1) is 16.3. The van der Waals surface area contributed by atoms with Crippen LogP contribution >= 0.6 is 15.9 Å². The van der Waals surface area contributed by atoms with Gasteiger partial charge in [0.1, 0.15) is 5.56 Å². The second-order valence-electron chi connectivity index (χ2n) is 8.15. The molecule has 1 amide bonds. The van der Waals surface area contributed by atoms with Crippen molar-refractivity contribution in [2.45, 2.75) is 25.8 Å². The van der Waals surface area contributed by atoms with Crippen LogP contribution in [0.3, 0.4) is 0 Å². The predicted octanol–water partition coefficient (Wildman–Crippen LogP) is 5.41. The van der Waals surface area contributed by atoms with Crippen LogP contribution < -0.4 is 10.7 Å². The van der Waals surface area contributed by atoms with Crippen molar-refractivity contribution in [3.8, 4) is 11.1 Å². The summed E-state index contributed by atoms with van der Waals surface area (Å²) in [6.45, 7) is 1.93. The number of aromatic carboxylic acids is 1. The van der Waals surface area contributed by atoms with Crippen LogP contribution in [-0.2, 0) is 6.42 Å². The highest BCUT2D eigenvalue weighted by molar-refractivity contribution is 9.10. The Morgan fingerprint density at radius 1 is 1.00 bits per heavy atom. The first kappa shape index (κ1) is 23.4. The maximum atomic E-state index is 12.7. The molecule has 0 saturated carbocycles. The molecule has 0 aliphatic heterocycles. The summed E-state index contributed by atoms with van der Waals surface area (Å²) in [5.74, 6) is -1.42. The number of fused-ring (bicyclic) bond motifs is 1. The number of halogens is 1. The molecule has 0 bridgehead atoms. The SMILES string of the molecule is C[C@@H](CCc1ccc2[nH]cc(C(=O)O)c(=O)c2c1Br)NC(=O)c1ccc(-c2ccccc2)cc1. The lowest BCUT2D eigenvalue weighted by Crippen LogP contribution is -2.32. The van der Waals surface area contributed by atoms with E-state index in [1.165, 1.54) is 6.20 Å². The minimum Gasteiger partial charge on any atom is -0.477 e. The van der Waals surface area contributed by atoms with E-state index in [2.05, 4.69) is 26.2 Å². The number of hydrogen-bond donors (Lipinski definition) is 3. The van der Waals surface area contributed by atoms with Gasteiger partial charge in [0.2, 0.25) is 5.43 Å². The monoisotopic (exact) mass is 518 g/mol. The predicted molar refractivity (Wildman–Crippen MR) is 136 cm³/mol. The van der Waals surface area contributed by atoms with E-state index < -0.39 is 11.4 Å². The lowest BCUT2D eigenvalue weighted by Gasteiger charge is -2.15. The highest BCUT2D eigenvalue weighted by Gasteiger charge is 2.16. The molecule has 0 aliphatic rings. The summed E-state index contributed by atoms with van der Waals surface area (Å²) in [7, 11) is 0. The quantitative estimate of drug-likeness (QED) is 0.304. The van der Waals surface area contributed by atoms with E-state index in [4.69, 9.17) is 0 Å². The molecule has 34 heavy (non-hydrogen) atoms. The zero-order valence-electron chi connectivity index (χ0n) is 18.5. The van der Waals surface area contributed by atoms with Gasteiger partial charge in [0.05, 0.1) is 10.9 Å². The Kier molecular flexibility index (Phi) is 6.93. The summed E-state index contributed by atoms with van der Waals surface area (Å²) in [6.07, 6.45) is 2.46. The lowest BCUT2D eigenvalue weighted by molar-refractivity contribution is 0.0695. The maximum Gasteiger partial charge on any atom is 0.341 e. The molecule has 1 aromatic heterocycles. The number of pyridine rings is 1. The van der Waals surface area contributed by atoms with E-state index in [0.29, 0.717) is 33.8 Å². The van der Waals surface area contributed by atoms with Crippen LogP contribution in [0.15, 0.2) is 82.2 Å². The molecule has 4 rings (SSSR count). The zero-order chi connectivity index (χ0) is 24.2. The Morgan fingerprint density at radius 3 is 2.35 bits per heavy atom. The Hall–Kier alpha value is -3.71. The first-order valence-electron chi connectivity index (χ1n) is 10.9. The largest absolute Gasteiger partial charge is 0.477 e. The highest BCUT2D eigenvalue weighted by Crippen LogP contribution is 2.26. The van der Waals surface area contributed by atoms with Crippen LogP contribution in [0.4, 0.5) is 0 Å². The third kappa shape index (κ3) is 4.94. The number of amides is 1. The fourth-order valence-electron chi connectivity index (χ4n) is 3.86. The number of aryl methyl sites for hydroxylation is 1. The molecular weight excluding hydrogens is 496 g/mol. The van der Waals surface area contributed by atoms with E-state index in [0.717, 1.165) is 16.7 Å². The number of carbonyl (C=O) groups excluding carboxylic acids is 1. The summed E-state index contributed by atoms with van der Waals surface area (Å²) < 4.78 is 0.573. The number of hydrogen-bond acceptors (Lipinski definition) is 3. The number of aromatic amines is 1. The van der Waals surface area contributed by atoms with E-state index >= 15 is 0 Å². The van der Waals surface area contributed by atoms with Gasteiger partial charge in [-0.15, -0.1) is 0 Å². The first-order valence-corrected chi connectivity index (χ1v) is 11.7. The van der Waals surface area contributed by atoms with Crippen LogP contribution in [0, 0.1) is 0 Å². The number of H-pyrrole nitrogens is 1. The topological polar surface area (TPSA) is 99.3 Å². The molecule has 6 nitrogen and oxygen atoms in total. The number of nitrogens with one attached hydrogen (secondary N) is 2. The van der Waals surface area contributed by atoms with E-state index in [1.54, 1.807) is 6.07 Å². The molecular formula is C27H23BrN2O4. The van der Waals surface area contributed by atoms with E-state index in [1.807, 2.05) is 67.6 Å². The fourth-order valence-corrected chi connectivity index (χ4v) is 4.58. The fraction of sp³-hybridized carbons (Fsp3) is 0.148. The summed E-state index contributed by atoms with van der Waals surface area (Å²) in [5.41, 5.74) is 3.33. The normalized spacial score (nSPS) is 11.8. The Balaban J connectivity index is 1.42. The third-order valence-corrected chi connectivity index (χ3v) is 6.68. The molecule has 1 atom stereocenters. The minimum absolute atomic E-state index is 0.104. The Bertz CT molecular complexity index is 1410. The molecule has 0 saturated heterocycles. The van der Waals surface area contributed by atoms with Gasteiger partial charge < -0.3 is 15.4 Å². The van der Waals surface area contributed by atoms with Gasteiger partial charge in [-0.05, 0) is 70.6 Å². The van der Waals surface area contributed by atoms with Crippen LogP contribution in [0.25, 0.3) is 22.0 Å². The third-order valence-electron chi connectivity index (χ3n) is 5.77. The molecule has 7 heteroatoms. The number of rotatable bonds is 7. The van der Waals surface area contributed by atoms with Crippen molar-refractivity contribution >= 4 is 38.7 Å². The minimum atomic E-state index is -1.27. The summed E-state index contributed by atoms with van der Waals surface area (Å²) in [5, 5.41) is 12.6. The standard InChI is InChI=1S/C27H23BrN2O4/c1-16(30-26(32)20-11-9-18(10-12-20)17-5-3-2-4-6-17)7-8-19-13-14-22-23(24(19)28)25(31)21(15-29-22)27(33)34/h2-6,9-16H,7-8H2,1H3,(H,29,31)(H,30,32)(H,33,34)/t16-/m0/s1. The van der Waals surface area contributed by atoms with Crippen LogP contribution in [0.5, 0.6) is 0 Å². The zero-order valence-corrected chi connectivity index (χ0v) is 20.1. The molecule has 0 unspecified atom stereocenters. The second kappa shape index (κ2) is 10.1. The van der Waals surface area contributed by atoms with Gasteiger partial charge in [-0.2, -0.15) is 0 Å². The molecule has 1 heterocycles. The average Bonchev–Trinajstić information content (AvgIpc) is 2.84. The average molecular weight is 519 g/mol. The van der Waals surface area contributed by atoms with Gasteiger partial charge in [0.25, 0.3) is 5.91 Å². The molecule has 3 N–H and O–H groups in total. The van der Waals surface area contributed by atoms with Crippen molar-refractivity contribution in [1.29, 1.82) is 0 Å². The molecule has 0 radical (unpaired) electrons. The van der Waals surface area contributed by atoms with Crippen molar-refractivity contribution in [2.24, 2.45) is 0 Å². The van der Waals surface area contributed by atoms with Crippen molar-refractivity contribution < 1.29 is 14.7 Å². The highest BCUT2D eigenvalue weighted by atomic mass is 79.9. The number of carboxylic acid groups (broad SMARTS) is 1. The molecule has 0 spiro atoms. The Morgan fingerprint density at radius 2 is 1.68 bits per heavy atom. The maximum absolute atomic E-state index is 12.7. The van der Waals surface area contributed by atoms with E-state index in [9.17, 15) is 19.5 Å².